The minimum Gasteiger partial charge on any atom is -0.481 e. The summed E-state index contributed by atoms with van der Waals surface area (Å²) in [5, 5.41) is 3.78. The molecule has 0 spiro atoms. The minimum atomic E-state index is -0.493. The van der Waals surface area contributed by atoms with Gasteiger partial charge in [0.1, 0.15) is 5.82 Å². The zero-order valence-corrected chi connectivity index (χ0v) is 12.7. The Hall–Kier alpha value is -2.28. The molecule has 0 N–H and O–H groups in total. The first kappa shape index (κ1) is 14.6. The summed E-state index contributed by atoms with van der Waals surface area (Å²) in [6, 6.07) is 10.1. The zero-order chi connectivity index (χ0) is 15.5. The van der Waals surface area contributed by atoms with Gasteiger partial charge in [0.05, 0.1) is 0 Å². The topological polar surface area (TPSA) is 48.2 Å². The molecule has 3 rings (SSSR count). The third-order valence-corrected chi connectivity index (χ3v) is 3.31. The lowest BCUT2D eigenvalue weighted by molar-refractivity contribution is 0.234. The van der Waals surface area contributed by atoms with Crippen LogP contribution in [0.2, 0.25) is 0 Å². The van der Waals surface area contributed by atoms with E-state index in [1.54, 1.807) is 18.2 Å². The predicted octanol–water partition coefficient (Wildman–Crippen LogP) is 4.36. The fourth-order valence-corrected chi connectivity index (χ4v) is 2.09. The molecular weight excluding hydrogens is 358 g/mol. The summed E-state index contributed by atoms with van der Waals surface area (Å²) in [6.07, 6.45) is 0. The Balaban J connectivity index is 1.70. The Morgan fingerprint density at radius 3 is 2.59 bits per heavy atom. The first-order valence-electron chi connectivity index (χ1n) is 6.28. The molecule has 0 bridgehead atoms. The van der Waals surface area contributed by atoms with Crippen LogP contribution in [0.25, 0.3) is 11.4 Å². The van der Waals surface area contributed by atoms with Crippen LogP contribution >= 0.6 is 15.9 Å². The lowest BCUT2D eigenvalue weighted by Crippen LogP contribution is -1.97. The van der Waals surface area contributed by atoms with Crippen molar-refractivity contribution in [3.8, 4) is 17.1 Å². The van der Waals surface area contributed by atoms with E-state index in [9.17, 15) is 8.78 Å². The highest BCUT2D eigenvalue weighted by atomic mass is 79.9. The van der Waals surface area contributed by atoms with Gasteiger partial charge in [-0.05, 0) is 42.5 Å². The number of halogens is 3. The van der Waals surface area contributed by atoms with E-state index in [4.69, 9.17) is 9.26 Å². The molecule has 0 unspecified atom stereocenters. The van der Waals surface area contributed by atoms with Crippen molar-refractivity contribution in [3.05, 3.63) is 64.5 Å². The highest BCUT2D eigenvalue weighted by molar-refractivity contribution is 9.10. The van der Waals surface area contributed by atoms with Crippen molar-refractivity contribution in [2.45, 2.75) is 6.61 Å². The number of nitrogens with zero attached hydrogens (tertiary/aromatic N) is 2. The smallest absolute Gasteiger partial charge is 0.264 e. The summed E-state index contributed by atoms with van der Waals surface area (Å²) in [5.74, 6) is -0.240. The third kappa shape index (κ3) is 3.30. The van der Waals surface area contributed by atoms with Crippen LogP contribution in [-0.2, 0) is 6.61 Å². The molecule has 0 saturated carbocycles. The average molecular weight is 367 g/mol. The third-order valence-electron chi connectivity index (χ3n) is 2.82. The zero-order valence-electron chi connectivity index (χ0n) is 11.1. The Morgan fingerprint density at radius 1 is 1.09 bits per heavy atom. The molecule has 112 valence electrons. The standard InChI is InChI=1S/C15H9BrF2N2O2/c16-10-3-6-13(12(18)7-10)21-8-14-19-15(20-22-14)9-1-4-11(17)5-2-9/h1-7H,8H2. The Bertz CT molecular complexity index is 790. The predicted molar refractivity (Wildman–Crippen MR) is 78.1 cm³/mol. The first-order valence-corrected chi connectivity index (χ1v) is 7.07. The Labute approximate surface area is 132 Å². The first-order chi connectivity index (χ1) is 10.6. The van der Waals surface area contributed by atoms with Crippen LogP contribution in [0.3, 0.4) is 0 Å². The van der Waals surface area contributed by atoms with Crippen molar-refractivity contribution in [2.24, 2.45) is 0 Å². The molecule has 0 atom stereocenters. The normalized spacial score (nSPS) is 10.7. The van der Waals surface area contributed by atoms with Crippen molar-refractivity contribution >= 4 is 15.9 Å². The number of aromatic nitrogens is 2. The van der Waals surface area contributed by atoms with E-state index in [2.05, 4.69) is 26.1 Å². The molecule has 2 aromatic carbocycles. The van der Waals surface area contributed by atoms with Gasteiger partial charge in [-0.25, -0.2) is 8.78 Å². The van der Waals surface area contributed by atoms with Gasteiger partial charge >= 0.3 is 0 Å². The van der Waals surface area contributed by atoms with Gasteiger partial charge in [0.2, 0.25) is 5.82 Å². The molecule has 0 saturated heterocycles. The summed E-state index contributed by atoms with van der Waals surface area (Å²) >= 11 is 3.16. The Morgan fingerprint density at radius 2 is 1.86 bits per heavy atom. The molecule has 0 aliphatic heterocycles. The quantitative estimate of drug-likeness (QED) is 0.688. The van der Waals surface area contributed by atoms with Crippen LogP contribution in [0.1, 0.15) is 5.89 Å². The lowest BCUT2D eigenvalue weighted by Gasteiger charge is -2.04. The van der Waals surface area contributed by atoms with Crippen LogP contribution in [0, 0.1) is 11.6 Å². The molecule has 7 heteroatoms. The maximum Gasteiger partial charge on any atom is 0.264 e. The van der Waals surface area contributed by atoms with Gasteiger partial charge in [0.25, 0.3) is 5.89 Å². The average Bonchev–Trinajstić information content (AvgIpc) is 2.96. The molecule has 22 heavy (non-hydrogen) atoms. The van der Waals surface area contributed by atoms with E-state index in [-0.39, 0.29) is 24.1 Å². The van der Waals surface area contributed by atoms with Gasteiger partial charge in [0.15, 0.2) is 18.2 Å². The molecule has 1 heterocycles. The number of hydrogen-bond donors (Lipinski definition) is 0. The van der Waals surface area contributed by atoms with Gasteiger partial charge in [-0.3, -0.25) is 0 Å². The summed E-state index contributed by atoms with van der Waals surface area (Å²) in [7, 11) is 0. The number of rotatable bonds is 4. The largest absolute Gasteiger partial charge is 0.481 e. The summed E-state index contributed by atoms with van der Waals surface area (Å²) in [5.41, 5.74) is 0.617. The van der Waals surface area contributed by atoms with Crippen LogP contribution in [0.5, 0.6) is 5.75 Å². The molecule has 4 nitrogen and oxygen atoms in total. The van der Waals surface area contributed by atoms with Gasteiger partial charge in [-0.2, -0.15) is 4.98 Å². The molecule has 0 radical (unpaired) electrons. The second kappa shape index (κ2) is 6.23. The van der Waals surface area contributed by atoms with Crippen molar-refractivity contribution in [1.29, 1.82) is 0 Å². The summed E-state index contributed by atoms with van der Waals surface area (Å²) in [4.78, 5) is 4.12. The van der Waals surface area contributed by atoms with Crippen LogP contribution < -0.4 is 4.74 Å². The maximum absolute atomic E-state index is 13.6. The number of ether oxygens (including phenoxy) is 1. The second-order valence-electron chi connectivity index (χ2n) is 4.38. The lowest BCUT2D eigenvalue weighted by atomic mass is 10.2. The van der Waals surface area contributed by atoms with Crippen LogP contribution in [0.15, 0.2) is 51.5 Å². The molecule has 0 fully saturated rings. The summed E-state index contributed by atoms with van der Waals surface area (Å²) < 4.78 is 37.4. The minimum absolute atomic E-state index is 0.0628. The van der Waals surface area contributed by atoms with Gasteiger partial charge in [-0.15, -0.1) is 0 Å². The molecule has 0 aliphatic rings. The molecule has 0 aliphatic carbocycles. The van der Waals surface area contributed by atoms with E-state index < -0.39 is 5.82 Å². The number of hydrogen-bond acceptors (Lipinski definition) is 4. The molecule has 0 amide bonds. The van der Waals surface area contributed by atoms with Gasteiger partial charge in [-0.1, -0.05) is 21.1 Å². The Kier molecular flexibility index (Phi) is 4.15. The molecule has 1 aromatic heterocycles. The van der Waals surface area contributed by atoms with Gasteiger partial charge < -0.3 is 9.26 Å². The van der Waals surface area contributed by atoms with E-state index in [1.165, 1.54) is 24.3 Å². The summed E-state index contributed by atoms with van der Waals surface area (Å²) in [6.45, 7) is -0.0628. The SMILES string of the molecule is Fc1ccc(-c2noc(COc3ccc(Br)cc3F)n2)cc1. The second-order valence-corrected chi connectivity index (χ2v) is 5.30. The van der Waals surface area contributed by atoms with Crippen LogP contribution in [-0.4, -0.2) is 10.1 Å². The highest BCUT2D eigenvalue weighted by Crippen LogP contribution is 2.22. The van der Waals surface area contributed by atoms with E-state index in [0.29, 0.717) is 15.9 Å². The van der Waals surface area contributed by atoms with Crippen LogP contribution in [0.4, 0.5) is 8.78 Å². The number of benzene rings is 2. The van der Waals surface area contributed by atoms with Crippen molar-refractivity contribution < 1.29 is 18.0 Å². The monoisotopic (exact) mass is 366 g/mol. The fraction of sp³-hybridized carbons (Fsp3) is 0.0667. The van der Waals surface area contributed by atoms with E-state index in [1.807, 2.05) is 0 Å². The van der Waals surface area contributed by atoms with Crippen molar-refractivity contribution in [3.63, 3.8) is 0 Å². The maximum atomic E-state index is 13.6. The van der Waals surface area contributed by atoms with E-state index >= 15 is 0 Å². The van der Waals surface area contributed by atoms with Crippen molar-refractivity contribution in [2.75, 3.05) is 0 Å². The van der Waals surface area contributed by atoms with Gasteiger partial charge in [0, 0.05) is 10.0 Å². The fourth-order valence-electron chi connectivity index (χ4n) is 1.76. The van der Waals surface area contributed by atoms with E-state index in [0.717, 1.165) is 0 Å². The van der Waals surface area contributed by atoms with Crippen molar-refractivity contribution in [1.82, 2.24) is 10.1 Å². The molecule has 3 aromatic rings. The molecular formula is C15H9BrF2N2O2. The highest BCUT2D eigenvalue weighted by Gasteiger charge is 2.11.